The van der Waals surface area contributed by atoms with E-state index < -0.39 is 0 Å². The summed E-state index contributed by atoms with van der Waals surface area (Å²) in [5, 5.41) is 5.82. The van der Waals surface area contributed by atoms with Gasteiger partial charge in [-0.2, -0.15) is 5.10 Å². The third kappa shape index (κ3) is 6.85. The average molecular weight is 398 g/mol. The quantitative estimate of drug-likeness (QED) is 0.143. The minimum Gasteiger partial charge on any atom is -0.267 e. The number of nitrogens with zero attached hydrogens (tertiary/aromatic N) is 3. The topological polar surface area (TPSA) is 28.0 Å². The molecule has 0 saturated carbocycles. The van der Waals surface area contributed by atoms with Gasteiger partial charge in [-0.1, -0.05) is 78.9 Å². The first kappa shape index (κ1) is 22.8. The second-order valence-corrected chi connectivity index (χ2v) is 6.96. The Hall–Kier alpha value is -3.46. The number of aliphatic imine (C=N–C) groups is 1. The smallest absolute Gasteiger partial charge is 0.122 e. The van der Waals surface area contributed by atoms with Crippen molar-refractivity contribution in [3.05, 3.63) is 109 Å². The summed E-state index contributed by atoms with van der Waals surface area (Å²) in [6, 6.07) is 16.9. The molecular formula is C27H31N3. The van der Waals surface area contributed by atoms with E-state index in [9.17, 15) is 0 Å². The minimum atomic E-state index is 0.563. The Morgan fingerprint density at radius 2 is 1.73 bits per heavy atom. The van der Waals surface area contributed by atoms with E-state index in [4.69, 9.17) is 0 Å². The molecule has 2 aromatic carbocycles. The van der Waals surface area contributed by atoms with Crippen LogP contribution in [-0.4, -0.2) is 19.1 Å². The molecule has 0 unspecified atom stereocenters. The number of rotatable bonds is 10. The molecular weight excluding hydrogens is 366 g/mol. The monoisotopic (exact) mass is 397 g/mol. The highest BCUT2D eigenvalue weighted by Gasteiger charge is 2.07. The van der Waals surface area contributed by atoms with Crippen molar-refractivity contribution < 1.29 is 0 Å². The molecule has 0 fully saturated rings. The van der Waals surface area contributed by atoms with Gasteiger partial charge in [0, 0.05) is 6.72 Å². The fraction of sp³-hybridized carbons (Fsp3) is 0.185. The number of hydrogen-bond acceptors (Lipinski definition) is 2. The van der Waals surface area contributed by atoms with Gasteiger partial charge in [0.1, 0.15) is 5.84 Å². The molecule has 0 radical (unpaired) electrons. The number of hydrazone groups is 1. The maximum atomic E-state index is 4.40. The normalized spacial score (nSPS) is 12.1. The Kier molecular flexibility index (Phi) is 9.26. The molecule has 0 bridgehead atoms. The van der Waals surface area contributed by atoms with Crippen molar-refractivity contribution >= 4 is 23.8 Å². The molecule has 30 heavy (non-hydrogen) atoms. The predicted molar refractivity (Wildman–Crippen MR) is 133 cm³/mol. The molecule has 2 aromatic rings. The van der Waals surface area contributed by atoms with Crippen LogP contribution < -0.4 is 5.01 Å². The average Bonchev–Trinajstić information content (AvgIpc) is 2.76. The van der Waals surface area contributed by atoms with Crippen molar-refractivity contribution in [2.24, 2.45) is 10.1 Å². The van der Waals surface area contributed by atoms with Gasteiger partial charge in [0.15, 0.2) is 0 Å². The standard InChI is InChI=1S/C27H31N3/c1-6-10-25(26-17-13-22(3)14-18-26)12-9-8-11-24-15-19-27(20-16-24)30(28-5)23(4)29-21-7-2/h6-7,9-10,12-20H,1-2,5,8,11,21H2,3-4H3/b12-9-,25-10+,29-23?. The molecule has 0 aliphatic rings. The number of hydrogen-bond donors (Lipinski definition) is 0. The van der Waals surface area contributed by atoms with Crippen molar-refractivity contribution in [1.82, 2.24) is 0 Å². The van der Waals surface area contributed by atoms with Crippen LogP contribution >= 0.6 is 0 Å². The van der Waals surface area contributed by atoms with Crippen molar-refractivity contribution in [3.8, 4) is 0 Å². The van der Waals surface area contributed by atoms with E-state index in [1.54, 1.807) is 11.1 Å². The van der Waals surface area contributed by atoms with Gasteiger partial charge < -0.3 is 0 Å². The van der Waals surface area contributed by atoms with Gasteiger partial charge in [-0.05, 0) is 55.5 Å². The molecule has 0 N–H and O–H groups in total. The summed E-state index contributed by atoms with van der Waals surface area (Å²) in [4.78, 5) is 4.40. The Bertz CT molecular complexity index is 929. The van der Waals surface area contributed by atoms with Gasteiger partial charge >= 0.3 is 0 Å². The zero-order chi connectivity index (χ0) is 21.8. The van der Waals surface area contributed by atoms with Gasteiger partial charge in [-0.15, -0.1) is 6.58 Å². The summed E-state index contributed by atoms with van der Waals surface area (Å²) >= 11 is 0. The third-order valence-electron chi connectivity index (χ3n) is 4.66. The summed E-state index contributed by atoms with van der Waals surface area (Å²) in [7, 11) is 0. The number of amidine groups is 1. The van der Waals surface area contributed by atoms with E-state index in [0.29, 0.717) is 6.54 Å². The molecule has 2 rings (SSSR count). The highest BCUT2D eigenvalue weighted by atomic mass is 15.5. The fourth-order valence-electron chi connectivity index (χ4n) is 3.02. The number of allylic oxidation sites excluding steroid dienone is 5. The first-order valence-corrected chi connectivity index (χ1v) is 10.1. The van der Waals surface area contributed by atoms with Crippen LogP contribution in [0.4, 0.5) is 5.69 Å². The Balaban J connectivity index is 1.99. The van der Waals surface area contributed by atoms with Crippen LogP contribution in [0, 0.1) is 6.92 Å². The lowest BCUT2D eigenvalue weighted by atomic mass is 10.0. The molecule has 0 saturated heterocycles. The highest BCUT2D eigenvalue weighted by Crippen LogP contribution is 2.19. The van der Waals surface area contributed by atoms with E-state index in [1.165, 1.54) is 22.3 Å². The molecule has 3 heteroatoms. The van der Waals surface area contributed by atoms with Crippen molar-refractivity contribution in [3.63, 3.8) is 0 Å². The lowest BCUT2D eigenvalue weighted by molar-refractivity contribution is 0.999. The zero-order valence-corrected chi connectivity index (χ0v) is 18.1. The van der Waals surface area contributed by atoms with E-state index in [2.05, 4.69) is 97.6 Å². The molecule has 0 aliphatic heterocycles. The van der Waals surface area contributed by atoms with Gasteiger partial charge in [0.05, 0.1) is 12.2 Å². The van der Waals surface area contributed by atoms with Crippen LogP contribution in [0.25, 0.3) is 5.57 Å². The molecule has 154 valence electrons. The van der Waals surface area contributed by atoms with E-state index in [-0.39, 0.29) is 0 Å². The minimum absolute atomic E-state index is 0.563. The molecule has 0 aliphatic carbocycles. The van der Waals surface area contributed by atoms with Crippen molar-refractivity contribution in [2.75, 3.05) is 11.6 Å². The van der Waals surface area contributed by atoms with Crippen LogP contribution in [0.5, 0.6) is 0 Å². The summed E-state index contributed by atoms with van der Waals surface area (Å²) in [6.45, 7) is 15.8. The molecule has 0 atom stereocenters. The third-order valence-corrected chi connectivity index (χ3v) is 4.66. The summed E-state index contributed by atoms with van der Waals surface area (Å²) < 4.78 is 0. The summed E-state index contributed by atoms with van der Waals surface area (Å²) in [5.74, 6) is 0.790. The Labute approximate surface area is 181 Å². The Morgan fingerprint density at radius 1 is 1.03 bits per heavy atom. The first-order valence-electron chi connectivity index (χ1n) is 10.1. The van der Waals surface area contributed by atoms with Crippen molar-refractivity contribution in [2.45, 2.75) is 26.7 Å². The zero-order valence-electron chi connectivity index (χ0n) is 18.1. The summed E-state index contributed by atoms with van der Waals surface area (Å²) in [6.07, 6.45) is 12.0. The molecule has 0 amide bonds. The molecule has 0 spiro atoms. The number of benzene rings is 2. The fourth-order valence-corrected chi connectivity index (χ4v) is 3.02. The maximum absolute atomic E-state index is 4.40. The lowest BCUT2D eigenvalue weighted by Gasteiger charge is -2.18. The molecule has 3 nitrogen and oxygen atoms in total. The van der Waals surface area contributed by atoms with Gasteiger partial charge in [0.25, 0.3) is 0 Å². The van der Waals surface area contributed by atoms with Gasteiger partial charge in [-0.25, -0.2) is 5.01 Å². The van der Waals surface area contributed by atoms with Crippen LogP contribution in [0.2, 0.25) is 0 Å². The second-order valence-electron chi connectivity index (χ2n) is 6.96. The molecule has 0 aromatic heterocycles. The lowest BCUT2D eigenvalue weighted by Crippen LogP contribution is -2.22. The van der Waals surface area contributed by atoms with Crippen LogP contribution in [-0.2, 0) is 6.42 Å². The van der Waals surface area contributed by atoms with Crippen LogP contribution in [0.15, 0.2) is 102 Å². The first-order chi connectivity index (χ1) is 14.6. The van der Waals surface area contributed by atoms with Crippen LogP contribution in [0.1, 0.15) is 30.0 Å². The largest absolute Gasteiger partial charge is 0.267 e. The molecule has 0 heterocycles. The van der Waals surface area contributed by atoms with E-state index >= 15 is 0 Å². The SMILES string of the molecule is C=C/C=C(\C=C/CCc1ccc(N(N=C)C(C)=NCC=C)cc1)c1ccc(C)cc1. The number of anilines is 1. The van der Waals surface area contributed by atoms with Gasteiger partial charge in [-0.3, -0.25) is 4.99 Å². The van der Waals surface area contributed by atoms with E-state index in [1.807, 2.05) is 19.1 Å². The predicted octanol–water partition coefficient (Wildman–Crippen LogP) is 6.78. The van der Waals surface area contributed by atoms with Crippen LogP contribution in [0.3, 0.4) is 0 Å². The Morgan fingerprint density at radius 3 is 2.33 bits per heavy atom. The van der Waals surface area contributed by atoms with Crippen molar-refractivity contribution in [1.29, 1.82) is 0 Å². The highest BCUT2D eigenvalue weighted by molar-refractivity contribution is 5.95. The number of aryl methyl sites for hydroxylation is 2. The second kappa shape index (κ2) is 12.2. The van der Waals surface area contributed by atoms with E-state index in [0.717, 1.165) is 24.4 Å². The van der Waals surface area contributed by atoms with Gasteiger partial charge in [0.2, 0.25) is 0 Å². The maximum Gasteiger partial charge on any atom is 0.122 e. The summed E-state index contributed by atoms with van der Waals surface area (Å²) in [5.41, 5.74) is 5.85.